The van der Waals surface area contributed by atoms with Crippen molar-refractivity contribution in [3.8, 4) is 0 Å². The smallest absolute Gasteiger partial charge is 0.00719 e. The molecule has 0 spiro atoms. The predicted molar refractivity (Wildman–Crippen MR) is 76.8 cm³/mol. The molecule has 1 nitrogen and oxygen atoms in total. The van der Waals surface area contributed by atoms with Crippen molar-refractivity contribution in [1.29, 1.82) is 0 Å². The second-order valence-corrected chi connectivity index (χ2v) is 7.00. The van der Waals surface area contributed by atoms with Crippen molar-refractivity contribution in [1.82, 2.24) is 0 Å². The monoisotopic (exact) mass is 239 g/mol. The van der Waals surface area contributed by atoms with Crippen molar-refractivity contribution in [2.45, 2.75) is 60.8 Å². The molecular formula is C16H33N. The molecule has 0 heterocycles. The average molecular weight is 239 g/mol. The lowest BCUT2D eigenvalue weighted by atomic mass is 9.60. The van der Waals surface area contributed by atoms with Crippen LogP contribution in [-0.4, -0.2) is 6.54 Å². The van der Waals surface area contributed by atoms with Crippen molar-refractivity contribution in [3.63, 3.8) is 0 Å². The van der Waals surface area contributed by atoms with E-state index in [0.29, 0.717) is 5.41 Å². The second kappa shape index (κ2) is 5.73. The Morgan fingerprint density at radius 2 is 1.82 bits per heavy atom. The van der Waals surface area contributed by atoms with Gasteiger partial charge in [0, 0.05) is 0 Å². The van der Waals surface area contributed by atoms with Gasteiger partial charge in [0.1, 0.15) is 0 Å². The van der Waals surface area contributed by atoms with Crippen LogP contribution in [0.3, 0.4) is 0 Å². The first kappa shape index (κ1) is 15.0. The molecule has 0 aliphatic heterocycles. The van der Waals surface area contributed by atoms with Gasteiger partial charge in [0.2, 0.25) is 0 Å². The zero-order chi connectivity index (χ0) is 13.2. The molecule has 5 unspecified atom stereocenters. The summed E-state index contributed by atoms with van der Waals surface area (Å²) >= 11 is 0. The molecule has 0 bridgehead atoms. The molecule has 17 heavy (non-hydrogen) atoms. The van der Waals surface area contributed by atoms with Crippen LogP contribution in [0.25, 0.3) is 0 Å². The van der Waals surface area contributed by atoms with Crippen LogP contribution in [-0.2, 0) is 0 Å². The van der Waals surface area contributed by atoms with Gasteiger partial charge in [-0.05, 0) is 54.4 Å². The van der Waals surface area contributed by atoms with E-state index >= 15 is 0 Å². The van der Waals surface area contributed by atoms with E-state index in [2.05, 4.69) is 41.5 Å². The molecule has 0 aromatic carbocycles. The molecule has 0 saturated heterocycles. The fourth-order valence-electron chi connectivity index (χ4n) is 4.12. The Balaban J connectivity index is 2.92. The SMILES string of the molecule is CCC(C)C(C)(CCN)C(C(C)C)C1CC1C. The van der Waals surface area contributed by atoms with Gasteiger partial charge in [0.25, 0.3) is 0 Å². The highest BCUT2D eigenvalue weighted by atomic mass is 14.6. The highest BCUT2D eigenvalue weighted by Crippen LogP contribution is 2.57. The maximum absolute atomic E-state index is 5.90. The van der Waals surface area contributed by atoms with Gasteiger partial charge in [0.15, 0.2) is 0 Å². The molecule has 1 heteroatoms. The quantitative estimate of drug-likeness (QED) is 0.703. The Morgan fingerprint density at radius 3 is 2.12 bits per heavy atom. The number of nitrogens with two attached hydrogens (primary N) is 1. The average Bonchev–Trinajstić information content (AvgIpc) is 2.93. The first-order chi connectivity index (χ1) is 7.88. The maximum Gasteiger partial charge on any atom is -0.00719 e. The zero-order valence-corrected chi connectivity index (χ0v) is 12.8. The number of hydrogen-bond acceptors (Lipinski definition) is 1. The summed E-state index contributed by atoms with van der Waals surface area (Å²) < 4.78 is 0. The molecular weight excluding hydrogens is 206 g/mol. The van der Waals surface area contributed by atoms with Gasteiger partial charge in [0.05, 0.1) is 0 Å². The van der Waals surface area contributed by atoms with Gasteiger partial charge in [-0.15, -0.1) is 0 Å². The molecule has 0 radical (unpaired) electrons. The van der Waals surface area contributed by atoms with E-state index in [-0.39, 0.29) is 0 Å². The fourth-order valence-corrected chi connectivity index (χ4v) is 4.12. The molecule has 1 rings (SSSR count). The van der Waals surface area contributed by atoms with Crippen molar-refractivity contribution in [2.75, 3.05) is 6.54 Å². The number of rotatable bonds is 7. The molecule has 2 N–H and O–H groups in total. The summed E-state index contributed by atoms with van der Waals surface area (Å²) in [7, 11) is 0. The Kier molecular flexibility index (Phi) is 5.07. The van der Waals surface area contributed by atoms with Crippen LogP contribution in [0.15, 0.2) is 0 Å². The van der Waals surface area contributed by atoms with Gasteiger partial charge >= 0.3 is 0 Å². The maximum atomic E-state index is 5.90. The highest BCUT2D eigenvalue weighted by molar-refractivity contribution is 4.99. The molecule has 102 valence electrons. The predicted octanol–water partition coefficient (Wildman–Crippen LogP) is 4.32. The minimum atomic E-state index is 0.438. The Labute approximate surface area is 109 Å². The van der Waals surface area contributed by atoms with Gasteiger partial charge in [-0.3, -0.25) is 0 Å². The minimum Gasteiger partial charge on any atom is -0.330 e. The highest BCUT2D eigenvalue weighted by Gasteiger charge is 2.50. The first-order valence-electron chi connectivity index (χ1n) is 7.58. The molecule has 1 aliphatic carbocycles. The van der Waals surface area contributed by atoms with Crippen molar-refractivity contribution >= 4 is 0 Å². The van der Waals surface area contributed by atoms with Crippen LogP contribution in [0.2, 0.25) is 0 Å². The van der Waals surface area contributed by atoms with Crippen LogP contribution in [0.1, 0.15) is 60.8 Å². The zero-order valence-electron chi connectivity index (χ0n) is 12.8. The van der Waals surface area contributed by atoms with Gasteiger partial charge < -0.3 is 5.73 Å². The first-order valence-corrected chi connectivity index (χ1v) is 7.58. The van der Waals surface area contributed by atoms with Crippen molar-refractivity contribution in [2.24, 2.45) is 40.7 Å². The van der Waals surface area contributed by atoms with E-state index in [9.17, 15) is 0 Å². The third kappa shape index (κ3) is 3.05. The Bertz CT molecular complexity index is 236. The normalized spacial score (nSPS) is 31.1. The fraction of sp³-hybridized carbons (Fsp3) is 1.00. The Morgan fingerprint density at radius 1 is 1.29 bits per heavy atom. The van der Waals surface area contributed by atoms with Crippen molar-refractivity contribution < 1.29 is 0 Å². The van der Waals surface area contributed by atoms with E-state index in [0.717, 1.165) is 36.1 Å². The summed E-state index contributed by atoms with van der Waals surface area (Å²) in [6.07, 6.45) is 3.91. The van der Waals surface area contributed by atoms with Crippen LogP contribution in [0, 0.1) is 35.0 Å². The molecule has 0 amide bonds. The van der Waals surface area contributed by atoms with Gasteiger partial charge in [-0.25, -0.2) is 0 Å². The largest absolute Gasteiger partial charge is 0.330 e. The van der Waals surface area contributed by atoms with Crippen molar-refractivity contribution in [3.05, 3.63) is 0 Å². The van der Waals surface area contributed by atoms with Crippen LogP contribution in [0.4, 0.5) is 0 Å². The topological polar surface area (TPSA) is 26.0 Å². The van der Waals surface area contributed by atoms with E-state index in [1.165, 1.54) is 19.3 Å². The minimum absolute atomic E-state index is 0.438. The van der Waals surface area contributed by atoms with Crippen LogP contribution in [0.5, 0.6) is 0 Å². The van der Waals surface area contributed by atoms with Crippen LogP contribution < -0.4 is 5.73 Å². The standard InChI is InChI=1S/C16H33N/c1-7-13(5)16(6,8-9-17)15(11(2)3)14-10-12(14)4/h11-15H,7-10,17H2,1-6H3. The van der Waals surface area contributed by atoms with E-state index in [1.54, 1.807) is 0 Å². The lowest BCUT2D eigenvalue weighted by Crippen LogP contribution is -2.40. The molecule has 0 aromatic heterocycles. The van der Waals surface area contributed by atoms with E-state index in [4.69, 9.17) is 5.73 Å². The van der Waals surface area contributed by atoms with E-state index < -0.39 is 0 Å². The van der Waals surface area contributed by atoms with E-state index in [1.807, 2.05) is 0 Å². The Hall–Kier alpha value is -0.0400. The van der Waals surface area contributed by atoms with Gasteiger partial charge in [-0.2, -0.15) is 0 Å². The lowest BCUT2D eigenvalue weighted by Gasteiger charge is -2.45. The third-order valence-corrected chi connectivity index (χ3v) is 5.53. The molecule has 1 aliphatic rings. The van der Waals surface area contributed by atoms with Gasteiger partial charge in [-0.1, -0.05) is 48.0 Å². The van der Waals surface area contributed by atoms with Crippen LogP contribution >= 0.6 is 0 Å². The second-order valence-electron chi connectivity index (χ2n) is 7.00. The summed E-state index contributed by atoms with van der Waals surface area (Å²) in [5.74, 6) is 4.34. The summed E-state index contributed by atoms with van der Waals surface area (Å²) in [6, 6.07) is 0. The molecule has 1 saturated carbocycles. The summed E-state index contributed by atoms with van der Waals surface area (Å²) in [5.41, 5.74) is 6.34. The summed E-state index contributed by atoms with van der Waals surface area (Å²) in [6.45, 7) is 15.3. The number of hydrogen-bond donors (Lipinski definition) is 1. The summed E-state index contributed by atoms with van der Waals surface area (Å²) in [4.78, 5) is 0. The molecule has 1 fully saturated rings. The summed E-state index contributed by atoms with van der Waals surface area (Å²) in [5, 5.41) is 0. The molecule has 5 atom stereocenters. The third-order valence-electron chi connectivity index (χ3n) is 5.53. The lowest BCUT2D eigenvalue weighted by molar-refractivity contribution is 0.0380. The molecule has 0 aromatic rings.